The van der Waals surface area contributed by atoms with Gasteiger partial charge in [-0.2, -0.15) is 0 Å². The summed E-state index contributed by atoms with van der Waals surface area (Å²) in [5, 5.41) is 0. The largest absolute Gasteiger partial charge is 0.299 e. The van der Waals surface area contributed by atoms with Crippen molar-refractivity contribution in [3.05, 3.63) is 23.4 Å². The van der Waals surface area contributed by atoms with Crippen LogP contribution in [-0.2, 0) is 16.6 Å². The molecular formula is C12H16N2O. The number of aryl methyl sites for hydroxylation is 1. The molecule has 15 heavy (non-hydrogen) atoms. The maximum atomic E-state index is 12.0. The van der Waals surface area contributed by atoms with Crippen molar-refractivity contribution < 1.29 is 4.79 Å². The third-order valence-electron chi connectivity index (χ3n) is 3.13. The maximum Gasteiger partial charge on any atom is 0.238 e. The average molecular weight is 204 g/mol. The highest BCUT2D eigenvalue weighted by Crippen LogP contribution is 2.39. The summed E-state index contributed by atoms with van der Waals surface area (Å²) in [6.07, 6.45) is 0.899. The van der Waals surface area contributed by atoms with Gasteiger partial charge in [0.1, 0.15) is 5.82 Å². The molecule has 0 fully saturated rings. The van der Waals surface area contributed by atoms with Gasteiger partial charge < -0.3 is 0 Å². The average Bonchev–Trinajstić information content (AvgIpc) is 2.40. The fraction of sp³-hybridized carbons (Fsp3) is 0.500. The molecule has 0 saturated carbocycles. The van der Waals surface area contributed by atoms with Crippen molar-refractivity contribution in [1.29, 1.82) is 0 Å². The minimum atomic E-state index is -0.427. The molecule has 0 aliphatic carbocycles. The van der Waals surface area contributed by atoms with Crippen molar-refractivity contribution >= 4 is 11.7 Å². The van der Waals surface area contributed by atoms with Crippen molar-refractivity contribution in [2.24, 2.45) is 0 Å². The molecule has 1 aliphatic rings. The van der Waals surface area contributed by atoms with Crippen LogP contribution in [0.4, 0.5) is 5.82 Å². The van der Waals surface area contributed by atoms with E-state index >= 15 is 0 Å². The molecule has 1 aromatic heterocycles. The van der Waals surface area contributed by atoms with Crippen molar-refractivity contribution in [3.63, 3.8) is 0 Å². The number of hydrogen-bond acceptors (Lipinski definition) is 2. The number of carbonyl (C=O) groups excluding carboxylic acids is 1. The van der Waals surface area contributed by atoms with Gasteiger partial charge in [-0.05, 0) is 26.3 Å². The fourth-order valence-corrected chi connectivity index (χ4v) is 2.06. The summed E-state index contributed by atoms with van der Waals surface area (Å²) >= 11 is 0. The summed E-state index contributed by atoms with van der Waals surface area (Å²) in [6.45, 7) is 5.96. The van der Waals surface area contributed by atoms with E-state index in [-0.39, 0.29) is 5.91 Å². The zero-order chi connectivity index (χ0) is 11.2. The first-order valence-corrected chi connectivity index (χ1v) is 5.27. The first kappa shape index (κ1) is 10.1. The molecule has 0 unspecified atom stereocenters. The summed E-state index contributed by atoms with van der Waals surface area (Å²) in [7, 11) is 1.79. The monoisotopic (exact) mass is 204 g/mol. The smallest absolute Gasteiger partial charge is 0.238 e. The molecule has 1 amide bonds. The summed E-state index contributed by atoms with van der Waals surface area (Å²) in [6, 6.07) is 4.04. The molecule has 3 nitrogen and oxygen atoms in total. The molecule has 0 bridgehead atoms. The van der Waals surface area contributed by atoms with E-state index in [1.807, 2.05) is 26.0 Å². The van der Waals surface area contributed by atoms with E-state index in [2.05, 4.69) is 11.9 Å². The van der Waals surface area contributed by atoms with Crippen molar-refractivity contribution in [3.8, 4) is 0 Å². The van der Waals surface area contributed by atoms with Gasteiger partial charge in [0.2, 0.25) is 5.91 Å². The van der Waals surface area contributed by atoms with Crippen LogP contribution >= 0.6 is 0 Å². The van der Waals surface area contributed by atoms with Crippen molar-refractivity contribution in [2.45, 2.75) is 32.6 Å². The van der Waals surface area contributed by atoms with E-state index in [1.54, 1.807) is 11.9 Å². The summed E-state index contributed by atoms with van der Waals surface area (Å²) in [5.74, 6) is 0.947. The van der Waals surface area contributed by atoms with E-state index < -0.39 is 5.41 Å². The number of anilines is 1. The summed E-state index contributed by atoms with van der Waals surface area (Å²) in [4.78, 5) is 18.1. The Hall–Kier alpha value is -1.38. The van der Waals surface area contributed by atoms with Crippen LogP contribution in [-0.4, -0.2) is 17.9 Å². The quantitative estimate of drug-likeness (QED) is 0.700. The van der Waals surface area contributed by atoms with Crippen LogP contribution in [0, 0.1) is 0 Å². The molecule has 2 heterocycles. The van der Waals surface area contributed by atoms with E-state index in [9.17, 15) is 4.79 Å². The molecule has 0 atom stereocenters. The number of pyridine rings is 1. The Morgan fingerprint density at radius 1 is 1.40 bits per heavy atom. The maximum absolute atomic E-state index is 12.0. The van der Waals surface area contributed by atoms with Gasteiger partial charge in [0.05, 0.1) is 5.41 Å². The topological polar surface area (TPSA) is 33.2 Å². The highest BCUT2D eigenvalue weighted by Gasteiger charge is 2.43. The number of nitrogens with zero attached hydrogens (tertiary/aromatic N) is 2. The zero-order valence-corrected chi connectivity index (χ0v) is 9.66. The van der Waals surface area contributed by atoms with Crippen LogP contribution < -0.4 is 4.90 Å². The Kier molecular flexibility index (Phi) is 2.07. The minimum absolute atomic E-state index is 0.123. The Balaban J connectivity index is 2.61. The number of hydrogen-bond donors (Lipinski definition) is 0. The zero-order valence-electron chi connectivity index (χ0n) is 9.66. The molecule has 0 spiro atoms. The molecule has 0 radical (unpaired) electrons. The number of carbonyl (C=O) groups is 1. The molecule has 2 rings (SSSR count). The van der Waals surface area contributed by atoms with E-state index in [4.69, 9.17) is 0 Å². The Labute approximate surface area is 90.1 Å². The second-order valence-corrected chi connectivity index (χ2v) is 4.52. The Morgan fingerprint density at radius 3 is 2.67 bits per heavy atom. The van der Waals surface area contributed by atoms with Crippen LogP contribution in [0.2, 0.25) is 0 Å². The lowest BCUT2D eigenvalue weighted by molar-refractivity contribution is -0.121. The van der Waals surface area contributed by atoms with Crippen LogP contribution in [0.25, 0.3) is 0 Å². The molecule has 1 aliphatic heterocycles. The molecule has 3 heteroatoms. The molecule has 0 N–H and O–H groups in total. The van der Waals surface area contributed by atoms with Crippen LogP contribution in [0.15, 0.2) is 12.1 Å². The number of aromatic nitrogens is 1. The predicted octanol–water partition coefficient (Wildman–Crippen LogP) is 1.90. The predicted molar refractivity (Wildman–Crippen MR) is 60.1 cm³/mol. The Bertz CT molecular complexity index is 424. The van der Waals surface area contributed by atoms with Gasteiger partial charge in [-0.25, -0.2) is 4.98 Å². The van der Waals surface area contributed by atoms with E-state index in [0.717, 1.165) is 23.5 Å². The first-order valence-electron chi connectivity index (χ1n) is 5.27. The highest BCUT2D eigenvalue weighted by molar-refractivity contribution is 6.06. The standard InChI is InChI=1S/C12H16N2O/c1-5-8-6-7-9-10(13-8)14(4)11(15)12(9,2)3/h6-7H,5H2,1-4H3. The number of rotatable bonds is 1. The Morgan fingerprint density at radius 2 is 2.07 bits per heavy atom. The fourth-order valence-electron chi connectivity index (χ4n) is 2.06. The second kappa shape index (κ2) is 3.05. The molecule has 80 valence electrons. The molecule has 1 aromatic rings. The molecular weight excluding hydrogens is 188 g/mol. The lowest BCUT2D eigenvalue weighted by Crippen LogP contribution is -2.33. The normalized spacial score (nSPS) is 18.1. The third kappa shape index (κ3) is 1.26. The van der Waals surface area contributed by atoms with Crippen LogP contribution in [0.1, 0.15) is 32.0 Å². The third-order valence-corrected chi connectivity index (χ3v) is 3.13. The SMILES string of the molecule is CCc1ccc2c(n1)N(C)C(=O)C2(C)C. The van der Waals surface area contributed by atoms with Gasteiger partial charge in [-0.1, -0.05) is 13.0 Å². The minimum Gasteiger partial charge on any atom is -0.299 e. The number of fused-ring (bicyclic) bond motifs is 1. The van der Waals surface area contributed by atoms with Gasteiger partial charge in [0, 0.05) is 18.3 Å². The van der Waals surface area contributed by atoms with Gasteiger partial charge in [-0.3, -0.25) is 9.69 Å². The van der Waals surface area contributed by atoms with Gasteiger partial charge in [0.15, 0.2) is 0 Å². The van der Waals surface area contributed by atoms with Crippen molar-refractivity contribution in [2.75, 3.05) is 11.9 Å². The van der Waals surface area contributed by atoms with Crippen LogP contribution in [0.5, 0.6) is 0 Å². The van der Waals surface area contributed by atoms with Gasteiger partial charge >= 0.3 is 0 Å². The summed E-state index contributed by atoms with van der Waals surface area (Å²) in [5.41, 5.74) is 1.64. The van der Waals surface area contributed by atoms with Gasteiger partial charge in [0.25, 0.3) is 0 Å². The number of likely N-dealkylation sites (N-methyl/N-ethyl adjacent to an activating group) is 1. The van der Waals surface area contributed by atoms with Gasteiger partial charge in [-0.15, -0.1) is 0 Å². The van der Waals surface area contributed by atoms with Crippen LogP contribution in [0.3, 0.4) is 0 Å². The molecule has 0 saturated heterocycles. The van der Waals surface area contributed by atoms with E-state index in [0.29, 0.717) is 0 Å². The van der Waals surface area contributed by atoms with E-state index in [1.165, 1.54) is 0 Å². The second-order valence-electron chi connectivity index (χ2n) is 4.52. The molecule has 0 aromatic carbocycles. The number of amides is 1. The van der Waals surface area contributed by atoms with Crippen molar-refractivity contribution in [1.82, 2.24) is 4.98 Å². The summed E-state index contributed by atoms with van der Waals surface area (Å²) < 4.78 is 0. The lowest BCUT2D eigenvalue weighted by atomic mass is 9.87. The highest BCUT2D eigenvalue weighted by atomic mass is 16.2. The lowest BCUT2D eigenvalue weighted by Gasteiger charge is -2.15. The first-order chi connectivity index (χ1) is 6.98.